The smallest absolute Gasteiger partial charge is 0.317 e. The van der Waals surface area contributed by atoms with Crippen LogP contribution in [0.2, 0.25) is 0 Å². The highest BCUT2D eigenvalue weighted by Gasteiger charge is 2.27. The van der Waals surface area contributed by atoms with E-state index in [0.29, 0.717) is 18.7 Å². The van der Waals surface area contributed by atoms with Gasteiger partial charge in [-0.2, -0.15) is 0 Å². The molecule has 0 spiro atoms. The van der Waals surface area contributed by atoms with Gasteiger partial charge in [0.05, 0.1) is 12.6 Å². The molecule has 0 radical (unpaired) electrons. The molecule has 0 bridgehead atoms. The Balaban J connectivity index is 1.83. The number of urea groups is 1. The van der Waals surface area contributed by atoms with E-state index < -0.39 is 0 Å². The van der Waals surface area contributed by atoms with Gasteiger partial charge in [-0.1, -0.05) is 0 Å². The van der Waals surface area contributed by atoms with Gasteiger partial charge in [-0.15, -0.1) is 0 Å². The van der Waals surface area contributed by atoms with Crippen molar-refractivity contribution in [2.24, 2.45) is 0 Å². The van der Waals surface area contributed by atoms with Gasteiger partial charge in [0.2, 0.25) is 0 Å². The zero-order valence-electron chi connectivity index (χ0n) is 10.0. The highest BCUT2D eigenvalue weighted by atomic mass is 16.5. The van der Waals surface area contributed by atoms with Crippen LogP contribution < -0.4 is 10.6 Å². The van der Waals surface area contributed by atoms with E-state index in [4.69, 9.17) is 4.74 Å². The molecule has 2 aliphatic heterocycles. The highest BCUT2D eigenvalue weighted by Crippen LogP contribution is 2.07. The first-order valence-corrected chi connectivity index (χ1v) is 6.04. The fourth-order valence-corrected chi connectivity index (χ4v) is 2.41. The van der Waals surface area contributed by atoms with Gasteiger partial charge in [-0.3, -0.25) is 0 Å². The Morgan fingerprint density at radius 2 is 2.06 bits per heavy atom. The molecule has 5 nitrogen and oxygen atoms in total. The van der Waals surface area contributed by atoms with E-state index in [1.807, 2.05) is 4.90 Å². The molecule has 2 saturated heterocycles. The number of piperazine rings is 1. The van der Waals surface area contributed by atoms with E-state index >= 15 is 0 Å². The molecule has 2 fully saturated rings. The van der Waals surface area contributed by atoms with Crippen LogP contribution in [0.25, 0.3) is 0 Å². The minimum absolute atomic E-state index is 0.0516. The predicted molar refractivity (Wildman–Crippen MR) is 61.4 cm³/mol. The van der Waals surface area contributed by atoms with Gasteiger partial charge in [0.1, 0.15) is 0 Å². The first-order valence-electron chi connectivity index (χ1n) is 6.04. The van der Waals surface area contributed by atoms with Crippen LogP contribution in [0.5, 0.6) is 0 Å². The number of rotatable bonds is 1. The van der Waals surface area contributed by atoms with Crippen LogP contribution in [0.15, 0.2) is 0 Å². The normalized spacial score (nSPS) is 35.1. The lowest BCUT2D eigenvalue weighted by Gasteiger charge is -2.36. The standard InChI is InChI=1S/C11H21N3O2/c1-8-5-14(6-9(2)12-8)11(15)13-10-3-4-16-7-10/h8-10,12H,3-7H2,1-2H3,(H,13,15). The van der Waals surface area contributed by atoms with Crippen LogP contribution in [0.4, 0.5) is 4.79 Å². The molecular weight excluding hydrogens is 206 g/mol. The molecule has 2 amide bonds. The third-order valence-corrected chi connectivity index (χ3v) is 3.10. The van der Waals surface area contributed by atoms with Gasteiger partial charge in [-0.05, 0) is 20.3 Å². The van der Waals surface area contributed by atoms with Crippen molar-refractivity contribution in [1.82, 2.24) is 15.5 Å². The van der Waals surface area contributed by atoms with E-state index in [1.54, 1.807) is 0 Å². The van der Waals surface area contributed by atoms with Crippen LogP contribution in [0.3, 0.4) is 0 Å². The minimum atomic E-state index is 0.0516. The van der Waals surface area contributed by atoms with Crippen molar-refractivity contribution in [2.75, 3.05) is 26.3 Å². The summed E-state index contributed by atoms with van der Waals surface area (Å²) in [6.45, 7) is 7.19. The van der Waals surface area contributed by atoms with E-state index in [0.717, 1.165) is 26.1 Å². The Bertz CT molecular complexity index is 244. The summed E-state index contributed by atoms with van der Waals surface area (Å²) in [6, 6.07) is 0.993. The van der Waals surface area contributed by atoms with Gasteiger partial charge in [0.15, 0.2) is 0 Å². The largest absolute Gasteiger partial charge is 0.379 e. The number of ether oxygens (including phenoxy) is 1. The van der Waals surface area contributed by atoms with Crippen molar-refractivity contribution < 1.29 is 9.53 Å². The number of carbonyl (C=O) groups is 1. The lowest BCUT2D eigenvalue weighted by Crippen LogP contribution is -2.58. The molecule has 0 aromatic heterocycles. The van der Waals surface area contributed by atoms with Crippen LogP contribution >= 0.6 is 0 Å². The molecule has 16 heavy (non-hydrogen) atoms. The first kappa shape index (κ1) is 11.7. The quantitative estimate of drug-likeness (QED) is 0.671. The monoisotopic (exact) mass is 227 g/mol. The maximum Gasteiger partial charge on any atom is 0.317 e. The number of hydrogen-bond acceptors (Lipinski definition) is 3. The molecule has 5 heteroatoms. The summed E-state index contributed by atoms with van der Waals surface area (Å²) in [6.07, 6.45) is 0.933. The molecule has 2 aliphatic rings. The van der Waals surface area contributed by atoms with Gasteiger partial charge < -0.3 is 20.3 Å². The van der Waals surface area contributed by atoms with Gasteiger partial charge in [0.25, 0.3) is 0 Å². The van der Waals surface area contributed by atoms with Crippen LogP contribution in [0, 0.1) is 0 Å². The topological polar surface area (TPSA) is 53.6 Å². The van der Waals surface area contributed by atoms with E-state index in [-0.39, 0.29) is 12.1 Å². The van der Waals surface area contributed by atoms with E-state index in [2.05, 4.69) is 24.5 Å². The van der Waals surface area contributed by atoms with E-state index in [9.17, 15) is 4.79 Å². The second-order valence-electron chi connectivity index (χ2n) is 4.88. The van der Waals surface area contributed by atoms with Crippen molar-refractivity contribution in [1.29, 1.82) is 0 Å². The molecule has 0 aromatic rings. The third-order valence-electron chi connectivity index (χ3n) is 3.10. The molecule has 0 aromatic carbocycles. The van der Waals surface area contributed by atoms with Crippen molar-refractivity contribution in [3.05, 3.63) is 0 Å². The Kier molecular flexibility index (Phi) is 3.66. The summed E-state index contributed by atoms with van der Waals surface area (Å²) in [5.41, 5.74) is 0. The van der Waals surface area contributed by atoms with Crippen LogP contribution in [-0.2, 0) is 4.74 Å². The van der Waals surface area contributed by atoms with Gasteiger partial charge >= 0.3 is 6.03 Å². The summed E-state index contributed by atoms with van der Waals surface area (Å²) in [5, 5.41) is 6.44. The molecular formula is C11H21N3O2. The molecule has 2 rings (SSSR count). The fraction of sp³-hybridized carbons (Fsp3) is 0.909. The summed E-state index contributed by atoms with van der Waals surface area (Å²) < 4.78 is 5.24. The predicted octanol–water partition coefficient (Wildman–Crippen LogP) is 0.167. The Hall–Kier alpha value is -0.810. The zero-order chi connectivity index (χ0) is 11.5. The number of nitrogens with zero attached hydrogens (tertiary/aromatic N) is 1. The molecule has 0 aliphatic carbocycles. The van der Waals surface area contributed by atoms with E-state index in [1.165, 1.54) is 0 Å². The number of nitrogens with one attached hydrogen (secondary N) is 2. The zero-order valence-corrected chi connectivity index (χ0v) is 10.0. The molecule has 92 valence electrons. The minimum Gasteiger partial charge on any atom is -0.379 e. The van der Waals surface area contributed by atoms with Crippen molar-refractivity contribution >= 4 is 6.03 Å². The summed E-state index contributed by atoms with van der Waals surface area (Å²) in [7, 11) is 0. The molecule has 3 atom stereocenters. The van der Waals surface area contributed by atoms with Gasteiger partial charge in [0, 0.05) is 31.8 Å². The second kappa shape index (κ2) is 5.01. The van der Waals surface area contributed by atoms with Crippen LogP contribution in [-0.4, -0.2) is 55.4 Å². The molecule has 2 heterocycles. The fourth-order valence-electron chi connectivity index (χ4n) is 2.41. The lowest BCUT2D eigenvalue weighted by atomic mass is 10.1. The van der Waals surface area contributed by atoms with Crippen molar-refractivity contribution in [3.63, 3.8) is 0 Å². The number of amides is 2. The van der Waals surface area contributed by atoms with Crippen LogP contribution in [0.1, 0.15) is 20.3 Å². The summed E-state index contributed by atoms with van der Waals surface area (Å²) >= 11 is 0. The highest BCUT2D eigenvalue weighted by molar-refractivity contribution is 5.74. The maximum absolute atomic E-state index is 12.0. The van der Waals surface area contributed by atoms with Gasteiger partial charge in [-0.25, -0.2) is 4.79 Å². The molecule has 2 N–H and O–H groups in total. The Morgan fingerprint density at radius 3 is 2.62 bits per heavy atom. The third kappa shape index (κ3) is 2.86. The SMILES string of the molecule is CC1CN(C(=O)NC2CCOC2)CC(C)N1. The average molecular weight is 227 g/mol. The molecule has 0 saturated carbocycles. The maximum atomic E-state index is 12.0. The number of carbonyl (C=O) groups excluding carboxylic acids is 1. The lowest BCUT2D eigenvalue weighted by molar-refractivity contribution is 0.156. The molecule has 3 unspecified atom stereocenters. The second-order valence-corrected chi connectivity index (χ2v) is 4.88. The summed E-state index contributed by atoms with van der Waals surface area (Å²) in [4.78, 5) is 13.9. The summed E-state index contributed by atoms with van der Waals surface area (Å²) in [5.74, 6) is 0. The Morgan fingerprint density at radius 1 is 1.38 bits per heavy atom. The van der Waals surface area contributed by atoms with Crippen molar-refractivity contribution in [2.45, 2.75) is 38.4 Å². The average Bonchev–Trinajstić information content (AvgIpc) is 2.68. The number of hydrogen-bond donors (Lipinski definition) is 2. The van der Waals surface area contributed by atoms with Crippen molar-refractivity contribution in [3.8, 4) is 0 Å². The first-order chi connectivity index (χ1) is 7.65. The Labute approximate surface area is 96.5 Å².